The summed E-state index contributed by atoms with van der Waals surface area (Å²) in [5.74, 6) is 0.770. The summed E-state index contributed by atoms with van der Waals surface area (Å²) in [5, 5.41) is 14.4. The molecule has 29 heavy (non-hydrogen) atoms. The van der Waals surface area contributed by atoms with Crippen molar-refractivity contribution < 1.29 is 18.1 Å². The quantitative estimate of drug-likeness (QED) is 0.459. The van der Waals surface area contributed by atoms with Crippen molar-refractivity contribution in [2.45, 2.75) is 11.4 Å². The Bertz CT molecular complexity index is 1140. The molecule has 1 N–H and O–H groups in total. The van der Waals surface area contributed by atoms with Crippen LogP contribution in [0.15, 0.2) is 71.6 Å². The largest absolute Gasteiger partial charge is 0.497 e. The van der Waals surface area contributed by atoms with Gasteiger partial charge >= 0.3 is 5.69 Å². The number of ether oxygens (including phenoxy) is 1. The van der Waals surface area contributed by atoms with E-state index in [1.807, 2.05) is 48.5 Å². The Hall–Kier alpha value is -3.39. The predicted molar refractivity (Wildman–Crippen MR) is 112 cm³/mol. The van der Waals surface area contributed by atoms with Gasteiger partial charge in [-0.1, -0.05) is 42.5 Å². The Balaban J connectivity index is 1.81. The lowest BCUT2D eigenvalue weighted by atomic mass is 10.0. The molecular formula is C21H20N2O5S. The van der Waals surface area contributed by atoms with Crippen LogP contribution in [0.3, 0.4) is 0 Å². The fourth-order valence-corrected chi connectivity index (χ4v) is 3.83. The number of hydrogen-bond acceptors (Lipinski definition) is 6. The fraction of sp³-hybridized carbons (Fsp3) is 0.143. The van der Waals surface area contributed by atoms with Crippen molar-refractivity contribution in [3.8, 4) is 16.9 Å². The van der Waals surface area contributed by atoms with E-state index >= 15 is 0 Å². The van der Waals surface area contributed by atoms with E-state index in [0.717, 1.165) is 28.7 Å². The second-order valence-corrected chi connectivity index (χ2v) is 8.45. The first-order valence-electron chi connectivity index (χ1n) is 8.74. The Labute approximate surface area is 169 Å². The second kappa shape index (κ2) is 8.32. The summed E-state index contributed by atoms with van der Waals surface area (Å²) in [7, 11) is -2.10. The highest BCUT2D eigenvalue weighted by Gasteiger charge is 2.25. The van der Waals surface area contributed by atoms with Gasteiger partial charge < -0.3 is 10.1 Å². The lowest BCUT2D eigenvalue weighted by Gasteiger charge is -2.10. The zero-order valence-corrected chi connectivity index (χ0v) is 16.8. The first-order valence-corrected chi connectivity index (χ1v) is 10.6. The Morgan fingerprint density at radius 2 is 1.69 bits per heavy atom. The number of sulfone groups is 1. The average Bonchev–Trinajstić information content (AvgIpc) is 2.71. The van der Waals surface area contributed by atoms with Crippen LogP contribution in [0, 0.1) is 10.1 Å². The van der Waals surface area contributed by atoms with Crippen molar-refractivity contribution in [2.24, 2.45) is 0 Å². The summed E-state index contributed by atoms with van der Waals surface area (Å²) < 4.78 is 29.0. The molecule has 0 spiro atoms. The molecule has 0 saturated carbocycles. The molecule has 0 amide bonds. The van der Waals surface area contributed by atoms with E-state index in [-0.39, 0.29) is 10.6 Å². The van der Waals surface area contributed by atoms with Gasteiger partial charge in [-0.25, -0.2) is 8.42 Å². The molecule has 3 rings (SSSR count). The zero-order valence-electron chi connectivity index (χ0n) is 16.0. The van der Waals surface area contributed by atoms with Gasteiger partial charge in [-0.2, -0.15) is 0 Å². The van der Waals surface area contributed by atoms with Gasteiger partial charge in [0.1, 0.15) is 16.3 Å². The number of nitro groups is 1. The van der Waals surface area contributed by atoms with E-state index in [1.165, 1.54) is 18.2 Å². The van der Waals surface area contributed by atoms with Crippen LogP contribution in [-0.2, 0) is 16.4 Å². The molecule has 3 aromatic rings. The third kappa shape index (κ3) is 4.72. The highest BCUT2D eigenvalue weighted by atomic mass is 32.2. The summed E-state index contributed by atoms with van der Waals surface area (Å²) in [6, 6.07) is 19.7. The van der Waals surface area contributed by atoms with Crippen LogP contribution in [0.1, 0.15) is 5.56 Å². The van der Waals surface area contributed by atoms with E-state index in [0.29, 0.717) is 6.54 Å². The van der Waals surface area contributed by atoms with E-state index in [1.54, 1.807) is 7.11 Å². The maximum absolute atomic E-state index is 11.9. The van der Waals surface area contributed by atoms with Crippen LogP contribution in [0.2, 0.25) is 0 Å². The van der Waals surface area contributed by atoms with Crippen LogP contribution in [0.4, 0.5) is 11.4 Å². The van der Waals surface area contributed by atoms with Gasteiger partial charge in [-0.15, -0.1) is 0 Å². The molecule has 0 radical (unpaired) electrons. The minimum atomic E-state index is -3.72. The molecule has 0 aliphatic rings. The summed E-state index contributed by atoms with van der Waals surface area (Å²) in [6.07, 6.45) is 0.955. The molecule has 0 aliphatic heterocycles. The molecule has 0 fully saturated rings. The van der Waals surface area contributed by atoms with Gasteiger partial charge in [-0.05, 0) is 41.0 Å². The smallest absolute Gasteiger partial charge is 0.310 e. The molecule has 0 aromatic heterocycles. The van der Waals surface area contributed by atoms with Gasteiger partial charge in [0.15, 0.2) is 9.84 Å². The molecule has 7 nitrogen and oxygen atoms in total. The number of nitro benzene ring substituents is 1. The zero-order chi connectivity index (χ0) is 21.0. The van der Waals surface area contributed by atoms with Gasteiger partial charge in [0.2, 0.25) is 0 Å². The van der Waals surface area contributed by atoms with Crippen molar-refractivity contribution in [3.05, 3.63) is 82.4 Å². The highest BCUT2D eigenvalue weighted by molar-refractivity contribution is 7.90. The molecule has 0 heterocycles. The third-order valence-electron chi connectivity index (χ3n) is 4.42. The van der Waals surface area contributed by atoms with Gasteiger partial charge in [0.25, 0.3) is 0 Å². The first kappa shape index (κ1) is 20.3. The molecule has 0 saturated heterocycles. The number of benzene rings is 3. The van der Waals surface area contributed by atoms with Gasteiger partial charge in [-0.3, -0.25) is 10.1 Å². The topological polar surface area (TPSA) is 98.5 Å². The molecule has 0 aliphatic carbocycles. The molecule has 0 atom stereocenters. The first-order chi connectivity index (χ1) is 13.8. The normalized spacial score (nSPS) is 11.1. The van der Waals surface area contributed by atoms with Crippen LogP contribution in [-0.4, -0.2) is 26.7 Å². The predicted octanol–water partition coefficient (Wildman–Crippen LogP) is 4.29. The van der Waals surface area contributed by atoms with Crippen LogP contribution in [0.5, 0.6) is 5.75 Å². The highest BCUT2D eigenvalue weighted by Crippen LogP contribution is 2.32. The molecule has 8 heteroatoms. The average molecular weight is 412 g/mol. The van der Waals surface area contributed by atoms with Crippen molar-refractivity contribution in [1.82, 2.24) is 0 Å². The molecular weight excluding hydrogens is 392 g/mol. The van der Waals surface area contributed by atoms with Crippen molar-refractivity contribution in [1.29, 1.82) is 0 Å². The van der Waals surface area contributed by atoms with Crippen LogP contribution < -0.4 is 10.1 Å². The molecule has 150 valence electrons. The minimum Gasteiger partial charge on any atom is -0.497 e. The SMILES string of the molecule is COc1cccc(-c2ccc(CNc3cccc(S(C)(=O)=O)c3[N+](=O)[O-])cc2)c1. The monoisotopic (exact) mass is 412 g/mol. The maximum Gasteiger partial charge on any atom is 0.310 e. The van der Waals surface area contributed by atoms with Crippen LogP contribution >= 0.6 is 0 Å². The third-order valence-corrected chi connectivity index (χ3v) is 5.55. The number of para-hydroxylation sites is 1. The van der Waals surface area contributed by atoms with E-state index in [4.69, 9.17) is 4.74 Å². The summed E-state index contributed by atoms with van der Waals surface area (Å²) in [4.78, 5) is 10.5. The van der Waals surface area contributed by atoms with Gasteiger partial charge in [0.05, 0.1) is 12.0 Å². The molecule has 0 bridgehead atoms. The van der Waals surface area contributed by atoms with Crippen molar-refractivity contribution in [3.63, 3.8) is 0 Å². The lowest BCUT2D eigenvalue weighted by molar-refractivity contribution is -0.386. The summed E-state index contributed by atoms with van der Waals surface area (Å²) in [5.41, 5.74) is 2.64. The molecule has 0 unspecified atom stereocenters. The second-order valence-electron chi connectivity index (χ2n) is 6.46. The summed E-state index contributed by atoms with van der Waals surface area (Å²) >= 11 is 0. The fourth-order valence-electron chi connectivity index (χ4n) is 2.97. The van der Waals surface area contributed by atoms with Crippen molar-refractivity contribution in [2.75, 3.05) is 18.7 Å². The number of rotatable bonds is 7. The maximum atomic E-state index is 11.9. The number of anilines is 1. The number of methoxy groups -OCH3 is 1. The standard InChI is InChI=1S/C21H20N2O5S/c1-28-18-6-3-5-17(13-18)16-11-9-15(10-12-16)14-22-19-7-4-8-20(29(2,26)27)21(19)23(24)25/h3-13,22H,14H2,1-2H3. The minimum absolute atomic E-state index is 0.162. The summed E-state index contributed by atoms with van der Waals surface area (Å²) in [6.45, 7) is 0.312. The van der Waals surface area contributed by atoms with Crippen LogP contribution in [0.25, 0.3) is 11.1 Å². The Morgan fingerprint density at radius 3 is 2.31 bits per heavy atom. The number of nitrogens with one attached hydrogen (secondary N) is 1. The Kier molecular flexibility index (Phi) is 5.84. The van der Waals surface area contributed by atoms with E-state index < -0.39 is 20.4 Å². The van der Waals surface area contributed by atoms with E-state index in [9.17, 15) is 18.5 Å². The van der Waals surface area contributed by atoms with E-state index in [2.05, 4.69) is 5.32 Å². The molecule has 3 aromatic carbocycles. The Morgan fingerprint density at radius 1 is 1.00 bits per heavy atom. The van der Waals surface area contributed by atoms with Gasteiger partial charge in [0, 0.05) is 12.8 Å². The lowest BCUT2D eigenvalue weighted by Crippen LogP contribution is -2.07. The number of hydrogen-bond donors (Lipinski definition) is 1. The number of nitrogens with zero attached hydrogens (tertiary/aromatic N) is 1. The van der Waals surface area contributed by atoms with Crippen molar-refractivity contribution >= 4 is 21.2 Å².